The number of hydrogen-bond donors (Lipinski definition) is 0. The Bertz CT molecular complexity index is 914. The van der Waals surface area contributed by atoms with Gasteiger partial charge in [0.1, 0.15) is 5.75 Å². The van der Waals surface area contributed by atoms with Gasteiger partial charge < -0.3 is 14.5 Å². The topological polar surface area (TPSA) is 32.8 Å². The van der Waals surface area contributed by atoms with Crippen LogP contribution in [0.15, 0.2) is 54.6 Å². The molecule has 4 nitrogen and oxygen atoms in total. The maximum Gasteiger partial charge on any atom is 0.228 e. The van der Waals surface area contributed by atoms with Crippen LogP contribution in [0.4, 0.5) is 0 Å². The van der Waals surface area contributed by atoms with Gasteiger partial charge in [-0.15, -0.1) is 0 Å². The van der Waals surface area contributed by atoms with Crippen molar-refractivity contribution < 1.29 is 9.53 Å². The summed E-state index contributed by atoms with van der Waals surface area (Å²) in [6.45, 7) is 5.26. The second kappa shape index (κ2) is 11.4. The van der Waals surface area contributed by atoms with Crippen LogP contribution in [0.3, 0.4) is 0 Å². The Morgan fingerprint density at radius 3 is 2.35 bits per heavy atom. The molecule has 1 heterocycles. The van der Waals surface area contributed by atoms with E-state index in [0.717, 1.165) is 57.5 Å². The second-order valence-electron chi connectivity index (χ2n) is 10.7. The lowest BCUT2D eigenvalue weighted by Crippen LogP contribution is -2.52. The van der Waals surface area contributed by atoms with E-state index in [-0.39, 0.29) is 11.5 Å². The van der Waals surface area contributed by atoms with E-state index in [1.54, 1.807) is 7.11 Å². The Kier molecular flexibility index (Phi) is 8.31. The number of ether oxygens (including phenoxy) is 1. The molecule has 2 aromatic carbocycles. The normalized spacial score (nSPS) is 20.0. The number of rotatable bonds is 8. The molecule has 0 N–H and O–H groups in total. The lowest BCUT2D eigenvalue weighted by Gasteiger charge is -2.41. The van der Waals surface area contributed by atoms with Crippen LogP contribution in [0.25, 0.3) is 0 Å². The number of nitrogens with zero attached hydrogens (tertiary/aromatic N) is 2. The summed E-state index contributed by atoms with van der Waals surface area (Å²) in [4.78, 5) is 18.4. The molecule has 1 unspecified atom stereocenters. The molecule has 0 radical (unpaired) electrons. The molecule has 1 saturated carbocycles. The van der Waals surface area contributed by atoms with Gasteiger partial charge in [-0.1, -0.05) is 74.7 Å². The van der Waals surface area contributed by atoms with Gasteiger partial charge in [-0.25, -0.2) is 0 Å². The monoisotopic (exact) mass is 462 g/mol. The number of hydrogen-bond acceptors (Lipinski definition) is 3. The SMILES string of the molecule is COc1ccccc1C1CCN(CC(Cc2ccccc2)N(C)C(=O)C2(C)CCCCC2)CC1. The molecule has 2 aliphatic rings. The molecule has 0 spiro atoms. The van der Waals surface area contributed by atoms with E-state index in [9.17, 15) is 4.79 Å². The van der Waals surface area contributed by atoms with Crippen LogP contribution >= 0.6 is 0 Å². The van der Waals surface area contributed by atoms with Crippen molar-refractivity contribution in [2.24, 2.45) is 5.41 Å². The molecule has 1 amide bonds. The van der Waals surface area contributed by atoms with E-state index in [2.05, 4.69) is 72.3 Å². The van der Waals surface area contributed by atoms with E-state index < -0.39 is 0 Å². The Morgan fingerprint density at radius 1 is 1.03 bits per heavy atom. The Labute approximate surface area is 206 Å². The Hall–Kier alpha value is -2.33. The summed E-state index contributed by atoms with van der Waals surface area (Å²) >= 11 is 0. The lowest BCUT2D eigenvalue weighted by atomic mass is 9.74. The fourth-order valence-electron chi connectivity index (χ4n) is 6.08. The number of para-hydroxylation sites is 1. The highest BCUT2D eigenvalue weighted by Crippen LogP contribution is 2.38. The number of likely N-dealkylation sites (tertiary alicyclic amines) is 1. The summed E-state index contributed by atoms with van der Waals surface area (Å²) in [5.74, 6) is 1.89. The first-order valence-electron chi connectivity index (χ1n) is 13.2. The van der Waals surface area contributed by atoms with Gasteiger partial charge in [-0.3, -0.25) is 4.79 Å². The summed E-state index contributed by atoms with van der Waals surface area (Å²) in [5.41, 5.74) is 2.45. The minimum absolute atomic E-state index is 0.191. The van der Waals surface area contributed by atoms with Gasteiger partial charge in [-0.05, 0) is 68.3 Å². The first-order valence-corrected chi connectivity index (χ1v) is 13.2. The van der Waals surface area contributed by atoms with Gasteiger partial charge in [0.2, 0.25) is 5.91 Å². The molecule has 4 rings (SSSR count). The zero-order valence-corrected chi connectivity index (χ0v) is 21.3. The summed E-state index contributed by atoms with van der Waals surface area (Å²) in [7, 11) is 3.82. The summed E-state index contributed by atoms with van der Waals surface area (Å²) in [5, 5.41) is 0. The van der Waals surface area contributed by atoms with Gasteiger partial charge in [0.15, 0.2) is 0 Å². The summed E-state index contributed by atoms with van der Waals surface area (Å²) in [6, 6.07) is 19.3. The third kappa shape index (κ3) is 5.83. The molecule has 1 aliphatic heterocycles. The van der Waals surface area contributed by atoms with Crippen molar-refractivity contribution in [2.45, 2.75) is 70.3 Å². The van der Waals surface area contributed by atoms with Crippen LogP contribution in [0.2, 0.25) is 0 Å². The van der Waals surface area contributed by atoms with Crippen molar-refractivity contribution in [3.05, 3.63) is 65.7 Å². The van der Waals surface area contributed by atoms with E-state index in [1.807, 2.05) is 6.07 Å². The zero-order chi connectivity index (χ0) is 24.0. The van der Waals surface area contributed by atoms with Gasteiger partial charge in [0.25, 0.3) is 0 Å². The molecular weight excluding hydrogens is 420 g/mol. The van der Waals surface area contributed by atoms with Crippen LogP contribution < -0.4 is 4.74 Å². The van der Waals surface area contributed by atoms with Crippen molar-refractivity contribution in [3.8, 4) is 5.75 Å². The standard InChI is InChI=1S/C30H42N2O2/c1-30(18-10-5-11-19-30)29(33)31(2)26(22-24-12-6-4-7-13-24)23-32-20-16-25(17-21-32)27-14-8-9-15-28(27)34-3/h4,6-9,12-15,25-26H,5,10-11,16-23H2,1-3H3. The first kappa shape index (κ1) is 24.8. The summed E-state index contributed by atoms with van der Waals surface area (Å²) in [6.07, 6.45) is 8.84. The molecule has 2 fully saturated rings. The summed E-state index contributed by atoms with van der Waals surface area (Å²) < 4.78 is 5.62. The third-order valence-electron chi connectivity index (χ3n) is 8.29. The molecule has 2 aromatic rings. The van der Waals surface area contributed by atoms with Gasteiger partial charge in [0, 0.05) is 25.0 Å². The quantitative estimate of drug-likeness (QED) is 0.489. The molecule has 0 aromatic heterocycles. The number of piperidine rings is 1. The highest BCUT2D eigenvalue weighted by Gasteiger charge is 2.39. The van der Waals surface area contributed by atoms with Crippen LogP contribution in [0.5, 0.6) is 5.75 Å². The molecule has 1 aliphatic carbocycles. The smallest absolute Gasteiger partial charge is 0.228 e. The molecule has 0 bridgehead atoms. The number of benzene rings is 2. The van der Waals surface area contributed by atoms with Crippen molar-refractivity contribution in [3.63, 3.8) is 0 Å². The van der Waals surface area contributed by atoms with Crippen molar-refractivity contribution >= 4 is 5.91 Å². The Morgan fingerprint density at radius 2 is 1.68 bits per heavy atom. The van der Waals surface area contributed by atoms with Crippen molar-refractivity contribution in [1.82, 2.24) is 9.80 Å². The number of carbonyl (C=O) groups excluding carboxylic acids is 1. The second-order valence-corrected chi connectivity index (χ2v) is 10.7. The Balaban J connectivity index is 1.44. The minimum atomic E-state index is -0.196. The molecule has 4 heteroatoms. The highest BCUT2D eigenvalue weighted by molar-refractivity contribution is 5.82. The predicted octanol–water partition coefficient (Wildman–Crippen LogP) is 5.91. The van der Waals surface area contributed by atoms with E-state index in [0.29, 0.717) is 11.8 Å². The number of likely N-dealkylation sites (N-methyl/N-ethyl adjacent to an activating group) is 1. The maximum absolute atomic E-state index is 13.7. The molecule has 184 valence electrons. The number of amides is 1. The molecule has 34 heavy (non-hydrogen) atoms. The van der Waals surface area contributed by atoms with Crippen LogP contribution in [0, 0.1) is 5.41 Å². The predicted molar refractivity (Wildman–Crippen MR) is 139 cm³/mol. The van der Waals surface area contributed by atoms with E-state index in [4.69, 9.17) is 4.74 Å². The van der Waals surface area contributed by atoms with Gasteiger partial charge >= 0.3 is 0 Å². The highest BCUT2D eigenvalue weighted by atomic mass is 16.5. The zero-order valence-electron chi connectivity index (χ0n) is 21.3. The number of carbonyl (C=O) groups is 1. The van der Waals surface area contributed by atoms with E-state index in [1.165, 1.54) is 30.4 Å². The molecular formula is C30H42N2O2. The largest absolute Gasteiger partial charge is 0.496 e. The maximum atomic E-state index is 13.7. The molecule has 1 atom stereocenters. The van der Waals surface area contributed by atoms with Gasteiger partial charge in [0.05, 0.1) is 7.11 Å². The first-order chi connectivity index (χ1) is 16.5. The average molecular weight is 463 g/mol. The van der Waals surface area contributed by atoms with Crippen LogP contribution in [0.1, 0.15) is 68.9 Å². The van der Waals surface area contributed by atoms with E-state index >= 15 is 0 Å². The van der Waals surface area contributed by atoms with Crippen molar-refractivity contribution in [1.29, 1.82) is 0 Å². The lowest BCUT2D eigenvalue weighted by molar-refractivity contribution is -0.144. The molecule has 1 saturated heterocycles. The number of methoxy groups -OCH3 is 1. The minimum Gasteiger partial charge on any atom is -0.496 e. The fourth-order valence-corrected chi connectivity index (χ4v) is 6.08. The van der Waals surface area contributed by atoms with Crippen LogP contribution in [-0.2, 0) is 11.2 Å². The van der Waals surface area contributed by atoms with Crippen molar-refractivity contribution in [2.75, 3.05) is 33.8 Å². The van der Waals surface area contributed by atoms with Gasteiger partial charge in [-0.2, -0.15) is 0 Å². The average Bonchev–Trinajstić information content (AvgIpc) is 2.89. The third-order valence-corrected chi connectivity index (χ3v) is 8.29. The van der Waals surface area contributed by atoms with Crippen LogP contribution in [-0.4, -0.2) is 55.5 Å². The fraction of sp³-hybridized carbons (Fsp3) is 0.567.